The van der Waals surface area contributed by atoms with Crippen molar-refractivity contribution in [2.45, 2.75) is 38.4 Å². The van der Waals surface area contributed by atoms with Crippen molar-refractivity contribution in [3.05, 3.63) is 29.8 Å². The number of carbonyl (C=O) groups excluding carboxylic acids is 1. The van der Waals surface area contributed by atoms with Crippen LogP contribution in [0.1, 0.15) is 31.7 Å². The molecule has 1 amide bonds. The first-order chi connectivity index (χ1) is 11.4. The van der Waals surface area contributed by atoms with Crippen LogP contribution < -0.4 is 10.1 Å². The maximum atomic E-state index is 12.7. The minimum atomic E-state index is -4.42. The second-order valence-corrected chi connectivity index (χ2v) is 5.88. The Kier molecular flexibility index (Phi) is 6.48. The van der Waals surface area contributed by atoms with Gasteiger partial charge in [0.1, 0.15) is 5.75 Å². The molecule has 1 fully saturated rings. The average molecular weight is 344 g/mol. The first kappa shape index (κ1) is 18.6. The third-order valence-corrected chi connectivity index (χ3v) is 4.06. The lowest BCUT2D eigenvalue weighted by atomic mass is 10.0. The number of nitrogens with one attached hydrogen (secondary N) is 1. The van der Waals surface area contributed by atoms with Crippen molar-refractivity contribution in [2.24, 2.45) is 0 Å². The number of hydrogen-bond donors (Lipinski definition) is 1. The van der Waals surface area contributed by atoms with Crippen LogP contribution in [0.2, 0.25) is 0 Å². The van der Waals surface area contributed by atoms with Crippen LogP contribution in [-0.2, 0) is 11.0 Å². The summed E-state index contributed by atoms with van der Waals surface area (Å²) in [7, 11) is 0. The van der Waals surface area contributed by atoms with Crippen LogP contribution in [0.15, 0.2) is 24.3 Å². The molecular formula is C17H23F3N2O2. The van der Waals surface area contributed by atoms with E-state index < -0.39 is 11.7 Å². The third kappa shape index (κ3) is 5.12. The van der Waals surface area contributed by atoms with Crippen LogP contribution in [0.4, 0.5) is 13.2 Å². The zero-order valence-corrected chi connectivity index (χ0v) is 13.7. The molecule has 1 aromatic carbocycles. The zero-order valence-electron chi connectivity index (χ0n) is 13.7. The molecule has 0 bridgehead atoms. The van der Waals surface area contributed by atoms with Crippen molar-refractivity contribution in [2.75, 3.05) is 26.2 Å². The highest BCUT2D eigenvalue weighted by molar-refractivity contribution is 5.78. The van der Waals surface area contributed by atoms with Gasteiger partial charge in [-0.3, -0.25) is 4.79 Å². The number of alkyl halides is 3. The van der Waals surface area contributed by atoms with Gasteiger partial charge in [-0.05, 0) is 50.6 Å². The van der Waals surface area contributed by atoms with Gasteiger partial charge in [0, 0.05) is 12.6 Å². The number of nitrogens with zero attached hydrogens (tertiary/aromatic N) is 1. The smallest absolute Gasteiger partial charge is 0.416 e. The fourth-order valence-corrected chi connectivity index (χ4v) is 2.86. The molecule has 1 aliphatic rings. The fraction of sp³-hybridized carbons (Fsp3) is 0.588. The summed E-state index contributed by atoms with van der Waals surface area (Å²) in [4.78, 5) is 14.2. The highest BCUT2D eigenvalue weighted by Gasteiger charge is 2.31. The molecule has 0 aliphatic carbocycles. The van der Waals surface area contributed by atoms with Crippen LogP contribution >= 0.6 is 0 Å². The van der Waals surface area contributed by atoms with Gasteiger partial charge < -0.3 is 15.0 Å². The van der Waals surface area contributed by atoms with E-state index in [4.69, 9.17) is 4.74 Å². The van der Waals surface area contributed by atoms with Crippen LogP contribution in [0, 0.1) is 0 Å². The molecule has 4 nitrogen and oxygen atoms in total. The summed E-state index contributed by atoms with van der Waals surface area (Å²) in [6, 6.07) is 4.77. The Morgan fingerprint density at radius 2 is 2.04 bits per heavy atom. The Balaban J connectivity index is 1.97. The minimum Gasteiger partial charge on any atom is -0.484 e. The van der Waals surface area contributed by atoms with Gasteiger partial charge in [-0.1, -0.05) is 13.0 Å². The van der Waals surface area contributed by atoms with Crippen molar-refractivity contribution in [3.8, 4) is 5.75 Å². The van der Waals surface area contributed by atoms with Crippen molar-refractivity contribution < 1.29 is 22.7 Å². The topological polar surface area (TPSA) is 41.6 Å². The predicted molar refractivity (Wildman–Crippen MR) is 84.8 cm³/mol. The van der Waals surface area contributed by atoms with Gasteiger partial charge in [0.15, 0.2) is 6.61 Å². The van der Waals surface area contributed by atoms with E-state index in [2.05, 4.69) is 5.32 Å². The zero-order chi connectivity index (χ0) is 17.6. The summed E-state index contributed by atoms with van der Waals surface area (Å²) in [5.41, 5.74) is -0.781. The Morgan fingerprint density at radius 3 is 2.67 bits per heavy atom. The molecular weight excluding hydrogens is 321 g/mol. The molecule has 2 rings (SSSR count). The molecule has 0 spiro atoms. The van der Waals surface area contributed by atoms with Gasteiger partial charge in [0.25, 0.3) is 5.91 Å². The number of halogens is 3. The maximum absolute atomic E-state index is 12.7. The lowest BCUT2D eigenvalue weighted by Gasteiger charge is -2.34. The van der Waals surface area contributed by atoms with Crippen LogP contribution in [0.3, 0.4) is 0 Å². The molecule has 1 aliphatic heterocycles. The summed E-state index contributed by atoms with van der Waals surface area (Å²) in [5.74, 6) is -0.124. The molecule has 24 heavy (non-hydrogen) atoms. The lowest BCUT2D eigenvalue weighted by molar-refractivity contribution is -0.137. The van der Waals surface area contributed by atoms with E-state index in [1.54, 1.807) is 4.90 Å². The molecule has 7 heteroatoms. The molecule has 0 radical (unpaired) electrons. The first-order valence-electron chi connectivity index (χ1n) is 8.22. The summed E-state index contributed by atoms with van der Waals surface area (Å²) in [6.07, 6.45) is -1.82. The molecule has 1 saturated heterocycles. The van der Waals surface area contributed by atoms with Gasteiger partial charge in [-0.25, -0.2) is 0 Å². The largest absolute Gasteiger partial charge is 0.484 e. The number of piperidine rings is 1. The Labute approximate surface area is 140 Å². The number of carbonyl (C=O) groups is 1. The molecule has 1 heterocycles. The second-order valence-electron chi connectivity index (χ2n) is 5.88. The van der Waals surface area contributed by atoms with Gasteiger partial charge in [0.2, 0.25) is 0 Å². The summed E-state index contributed by atoms with van der Waals surface area (Å²) < 4.78 is 43.4. The normalized spacial score (nSPS) is 16.0. The van der Waals surface area contributed by atoms with Crippen LogP contribution in [0.5, 0.6) is 5.75 Å². The van der Waals surface area contributed by atoms with E-state index in [9.17, 15) is 18.0 Å². The number of hydrogen-bond acceptors (Lipinski definition) is 3. The summed E-state index contributed by atoms with van der Waals surface area (Å²) in [6.45, 7) is 4.12. The minimum absolute atomic E-state index is 0.0555. The highest BCUT2D eigenvalue weighted by Crippen LogP contribution is 2.31. The average Bonchev–Trinajstić information content (AvgIpc) is 2.58. The van der Waals surface area contributed by atoms with Crippen LogP contribution in [-0.4, -0.2) is 43.1 Å². The number of ether oxygens (including phenoxy) is 1. The fourth-order valence-electron chi connectivity index (χ4n) is 2.86. The number of rotatable bonds is 6. The SMILES string of the molecule is CCCN(C(=O)COc1cccc(C(F)(F)F)c1)C1CCNCC1. The van der Waals surface area contributed by atoms with E-state index in [-0.39, 0.29) is 24.3 Å². The van der Waals surface area contributed by atoms with E-state index in [1.807, 2.05) is 6.92 Å². The predicted octanol–water partition coefficient (Wildman–Crippen LogP) is 3.07. The maximum Gasteiger partial charge on any atom is 0.416 e. The molecule has 0 aromatic heterocycles. The van der Waals surface area contributed by atoms with Gasteiger partial charge in [-0.2, -0.15) is 13.2 Å². The van der Waals surface area contributed by atoms with Crippen molar-refractivity contribution in [1.29, 1.82) is 0 Å². The van der Waals surface area contributed by atoms with E-state index >= 15 is 0 Å². The first-order valence-corrected chi connectivity index (χ1v) is 8.22. The van der Waals surface area contributed by atoms with Crippen molar-refractivity contribution in [1.82, 2.24) is 10.2 Å². The number of amides is 1. The van der Waals surface area contributed by atoms with Crippen LogP contribution in [0.25, 0.3) is 0 Å². The van der Waals surface area contributed by atoms with Gasteiger partial charge in [0.05, 0.1) is 5.56 Å². The monoisotopic (exact) mass is 344 g/mol. The van der Waals surface area contributed by atoms with Crippen molar-refractivity contribution >= 4 is 5.91 Å². The van der Waals surface area contributed by atoms with Gasteiger partial charge in [-0.15, -0.1) is 0 Å². The standard InChI is InChI=1S/C17H23F3N2O2/c1-2-10-22(14-6-8-21-9-7-14)16(23)12-24-15-5-3-4-13(11-15)17(18,19)20/h3-5,11,14,21H,2,6-10,12H2,1H3. The quantitative estimate of drug-likeness (QED) is 0.862. The highest BCUT2D eigenvalue weighted by atomic mass is 19.4. The summed E-state index contributed by atoms with van der Waals surface area (Å²) >= 11 is 0. The number of benzene rings is 1. The van der Waals surface area contributed by atoms with Gasteiger partial charge >= 0.3 is 6.18 Å². The molecule has 1 N–H and O–H groups in total. The van der Waals surface area contributed by atoms with E-state index in [0.29, 0.717) is 6.54 Å². The Hall–Kier alpha value is -1.76. The third-order valence-electron chi connectivity index (χ3n) is 4.06. The van der Waals surface area contributed by atoms with E-state index in [1.165, 1.54) is 12.1 Å². The molecule has 134 valence electrons. The molecule has 0 saturated carbocycles. The van der Waals surface area contributed by atoms with E-state index in [0.717, 1.165) is 44.5 Å². The Bertz CT molecular complexity index is 543. The molecule has 0 unspecified atom stereocenters. The Morgan fingerprint density at radius 1 is 1.33 bits per heavy atom. The lowest BCUT2D eigenvalue weighted by Crippen LogP contribution is -2.48. The second kappa shape index (κ2) is 8.37. The summed E-state index contributed by atoms with van der Waals surface area (Å²) in [5, 5.41) is 3.25. The van der Waals surface area contributed by atoms with Crippen molar-refractivity contribution in [3.63, 3.8) is 0 Å². The molecule has 1 aromatic rings. The molecule has 0 atom stereocenters.